The summed E-state index contributed by atoms with van der Waals surface area (Å²) in [6, 6.07) is 10.4. The van der Waals surface area contributed by atoms with Crippen molar-refractivity contribution in [2.45, 2.75) is 20.4 Å². The molecule has 1 heterocycles. The van der Waals surface area contributed by atoms with Gasteiger partial charge in [-0.05, 0) is 38.1 Å². The Hall–Kier alpha value is -2.61. The normalized spacial score (nSPS) is 10.1. The van der Waals surface area contributed by atoms with Gasteiger partial charge in [0.15, 0.2) is 0 Å². The molecule has 0 fully saturated rings. The quantitative estimate of drug-likeness (QED) is 0.849. The lowest BCUT2D eigenvalue weighted by molar-refractivity contribution is 0.294. The second-order valence-corrected chi connectivity index (χ2v) is 4.42. The van der Waals surface area contributed by atoms with Crippen LogP contribution in [0.4, 0.5) is 0 Å². The van der Waals surface area contributed by atoms with Crippen molar-refractivity contribution in [3.8, 4) is 11.8 Å². The number of nitriles is 1. The van der Waals surface area contributed by atoms with E-state index in [1.54, 1.807) is 42.7 Å². The van der Waals surface area contributed by atoms with Crippen LogP contribution >= 0.6 is 0 Å². The van der Waals surface area contributed by atoms with Gasteiger partial charge in [-0.1, -0.05) is 0 Å². The summed E-state index contributed by atoms with van der Waals surface area (Å²) in [6.07, 6.45) is 0. The standard InChI is InChI=1S/C15H15N3O2/c1-11-9-15(19)18(12(2)17-11)7-8-20-14-5-3-13(10-16)4-6-14/h3-6,9H,7-8H2,1-2H3. The van der Waals surface area contributed by atoms with E-state index in [0.29, 0.717) is 30.3 Å². The van der Waals surface area contributed by atoms with Gasteiger partial charge in [0.05, 0.1) is 18.2 Å². The van der Waals surface area contributed by atoms with Crippen LogP contribution in [0.2, 0.25) is 0 Å². The van der Waals surface area contributed by atoms with E-state index in [0.717, 1.165) is 5.69 Å². The molecule has 0 aliphatic rings. The number of rotatable bonds is 4. The molecule has 0 amide bonds. The molecule has 20 heavy (non-hydrogen) atoms. The molecule has 1 aromatic heterocycles. The highest BCUT2D eigenvalue weighted by atomic mass is 16.5. The Labute approximate surface area is 117 Å². The van der Waals surface area contributed by atoms with Gasteiger partial charge in [-0.15, -0.1) is 0 Å². The van der Waals surface area contributed by atoms with Crippen molar-refractivity contribution in [2.75, 3.05) is 6.61 Å². The maximum atomic E-state index is 11.8. The van der Waals surface area contributed by atoms with E-state index >= 15 is 0 Å². The summed E-state index contributed by atoms with van der Waals surface area (Å²) in [5, 5.41) is 8.70. The predicted molar refractivity (Wildman–Crippen MR) is 74.6 cm³/mol. The van der Waals surface area contributed by atoms with Gasteiger partial charge in [-0.2, -0.15) is 5.26 Å². The van der Waals surface area contributed by atoms with Crippen molar-refractivity contribution < 1.29 is 4.74 Å². The third kappa shape index (κ3) is 3.23. The lowest BCUT2D eigenvalue weighted by Crippen LogP contribution is -2.26. The fourth-order valence-corrected chi connectivity index (χ4v) is 1.92. The van der Waals surface area contributed by atoms with Gasteiger partial charge in [-0.3, -0.25) is 9.36 Å². The van der Waals surface area contributed by atoms with E-state index in [-0.39, 0.29) is 5.56 Å². The summed E-state index contributed by atoms with van der Waals surface area (Å²) in [7, 11) is 0. The number of nitrogens with zero attached hydrogens (tertiary/aromatic N) is 3. The highest BCUT2D eigenvalue weighted by Gasteiger charge is 2.03. The summed E-state index contributed by atoms with van der Waals surface area (Å²) in [4.78, 5) is 16.1. The average molecular weight is 269 g/mol. The fourth-order valence-electron chi connectivity index (χ4n) is 1.92. The number of hydrogen-bond acceptors (Lipinski definition) is 4. The van der Waals surface area contributed by atoms with Crippen LogP contribution in [0.15, 0.2) is 35.1 Å². The molecule has 0 saturated heterocycles. The molecule has 2 aromatic rings. The summed E-state index contributed by atoms with van der Waals surface area (Å²) in [5.74, 6) is 1.35. The lowest BCUT2D eigenvalue weighted by Gasteiger charge is -2.10. The molecule has 5 nitrogen and oxygen atoms in total. The van der Waals surface area contributed by atoms with Crippen LogP contribution in [0.25, 0.3) is 0 Å². The molecular formula is C15H15N3O2. The van der Waals surface area contributed by atoms with Gasteiger partial charge >= 0.3 is 0 Å². The highest BCUT2D eigenvalue weighted by molar-refractivity contribution is 5.34. The Morgan fingerprint density at radius 1 is 1.30 bits per heavy atom. The van der Waals surface area contributed by atoms with Crippen LogP contribution in [0.5, 0.6) is 5.75 Å². The van der Waals surface area contributed by atoms with Gasteiger partial charge in [0.1, 0.15) is 18.2 Å². The van der Waals surface area contributed by atoms with E-state index in [9.17, 15) is 4.79 Å². The highest BCUT2D eigenvalue weighted by Crippen LogP contribution is 2.11. The maximum Gasteiger partial charge on any atom is 0.253 e. The third-order valence-corrected chi connectivity index (χ3v) is 2.89. The second kappa shape index (κ2) is 6.02. The number of aryl methyl sites for hydroxylation is 2. The molecule has 0 aliphatic carbocycles. The summed E-state index contributed by atoms with van der Waals surface area (Å²) < 4.78 is 7.13. The minimum absolute atomic E-state index is 0.0709. The topological polar surface area (TPSA) is 67.9 Å². The Bertz CT molecular complexity index is 697. The van der Waals surface area contributed by atoms with Crippen LogP contribution in [-0.4, -0.2) is 16.2 Å². The van der Waals surface area contributed by atoms with Crippen molar-refractivity contribution >= 4 is 0 Å². The first kappa shape index (κ1) is 13.8. The molecule has 0 bridgehead atoms. The zero-order valence-electron chi connectivity index (χ0n) is 11.5. The van der Waals surface area contributed by atoms with E-state index in [2.05, 4.69) is 4.98 Å². The number of benzene rings is 1. The van der Waals surface area contributed by atoms with Gasteiger partial charge < -0.3 is 4.74 Å². The minimum Gasteiger partial charge on any atom is -0.492 e. The molecule has 2 rings (SSSR count). The largest absolute Gasteiger partial charge is 0.492 e. The zero-order valence-corrected chi connectivity index (χ0v) is 11.5. The van der Waals surface area contributed by atoms with Crippen LogP contribution < -0.4 is 10.3 Å². The summed E-state index contributed by atoms with van der Waals surface area (Å²) in [6.45, 7) is 4.41. The van der Waals surface area contributed by atoms with Crippen molar-refractivity contribution in [1.29, 1.82) is 5.26 Å². The van der Waals surface area contributed by atoms with Crippen molar-refractivity contribution in [2.24, 2.45) is 0 Å². The second-order valence-electron chi connectivity index (χ2n) is 4.42. The summed E-state index contributed by atoms with van der Waals surface area (Å²) in [5.41, 5.74) is 1.24. The summed E-state index contributed by atoms with van der Waals surface area (Å²) >= 11 is 0. The molecule has 0 radical (unpaired) electrons. The molecule has 0 unspecified atom stereocenters. The number of hydrogen-bond donors (Lipinski definition) is 0. The molecular weight excluding hydrogens is 254 g/mol. The minimum atomic E-state index is -0.0709. The molecule has 0 aliphatic heterocycles. The molecule has 0 atom stereocenters. The van der Waals surface area contributed by atoms with E-state index in [1.165, 1.54) is 6.07 Å². The Morgan fingerprint density at radius 2 is 2.00 bits per heavy atom. The van der Waals surface area contributed by atoms with Gasteiger partial charge in [-0.25, -0.2) is 4.98 Å². The predicted octanol–water partition coefficient (Wildman–Crippen LogP) is 1.81. The Kier molecular flexibility index (Phi) is 4.16. The molecule has 0 saturated carbocycles. The molecule has 102 valence electrons. The maximum absolute atomic E-state index is 11.8. The average Bonchev–Trinajstić information content (AvgIpc) is 2.42. The van der Waals surface area contributed by atoms with Crippen molar-refractivity contribution in [3.05, 3.63) is 57.8 Å². The number of ether oxygens (including phenoxy) is 1. The molecule has 0 spiro atoms. The van der Waals surface area contributed by atoms with Crippen LogP contribution in [0, 0.1) is 25.2 Å². The SMILES string of the molecule is Cc1cc(=O)n(CCOc2ccc(C#N)cc2)c(C)n1. The zero-order chi connectivity index (χ0) is 14.5. The van der Waals surface area contributed by atoms with E-state index in [4.69, 9.17) is 10.00 Å². The Balaban J connectivity index is 1.99. The van der Waals surface area contributed by atoms with Gasteiger partial charge in [0, 0.05) is 11.8 Å². The van der Waals surface area contributed by atoms with Crippen molar-refractivity contribution in [1.82, 2.24) is 9.55 Å². The van der Waals surface area contributed by atoms with Crippen molar-refractivity contribution in [3.63, 3.8) is 0 Å². The fraction of sp³-hybridized carbons (Fsp3) is 0.267. The first-order valence-electron chi connectivity index (χ1n) is 6.28. The van der Waals surface area contributed by atoms with E-state index in [1.807, 2.05) is 6.07 Å². The van der Waals surface area contributed by atoms with Gasteiger partial charge in [0.2, 0.25) is 0 Å². The van der Waals surface area contributed by atoms with Crippen LogP contribution in [-0.2, 0) is 6.54 Å². The first-order valence-corrected chi connectivity index (χ1v) is 6.28. The molecule has 1 aromatic carbocycles. The number of aromatic nitrogens is 2. The third-order valence-electron chi connectivity index (χ3n) is 2.89. The lowest BCUT2D eigenvalue weighted by atomic mass is 10.2. The smallest absolute Gasteiger partial charge is 0.253 e. The monoisotopic (exact) mass is 269 g/mol. The first-order chi connectivity index (χ1) is 9.60. The molecule has 5 heteroatoms. The van der Waals surface area contributed by atoms with Crippen LogP contribution in [0.3, 0.4) is 0 Å². The van der Waals surface area contributed by atoms with E-state index < -0.39 is 0 Å². The van der Waals surface area contributed by atoms with Crippen LogP contribution in [0.1, 0.15) is 17.1 Å². The Morgan fingerprint density at radius 3 is 2.60 bits per heavy atom. The molecule has 0 N–H and O–H groups in total. The van der Waals surface area contributed by atoms with Gasteiger partial charge in [0.25, 0.3) is 5.56 Å².